The van der Waals surface area contributed by atoms with Crippen molar-refractivity contribution in [2.75, 3.05) is 52.4 Å². The van der Waals surface area contributed by atoms with E-state index in [9.17, 15) is 18.0 Å². The van der Waals surface area contributed by atoms with Crippen LogP contribution in [-0.4, -0.2) is 86.8 Å². The van der Waals surface area contributed by atoms with E-state index in [1.807, 2.05) is 9.80 Å². The number of benzene rings is 1. The molecule has 2 aliphatic rings. The Hall–Kier alpha value is -1.97. The van der Waals surface area contributed by atoms with Crippen molar-refractivity contribution in [2.24, 2.45) is 0 Å². The maximum Gasteiger partial charge on any atom is 0.338 e. The molecule has 2 heterocycles. The fourth-order valence-electron chi connectivity index (χ4n) is 3.89. The summed E-state index contributed by atoms with van der Waals surface area (Å²) < 4.78 is 32.4. The van der Waals surface area contributed by atoms with E-state index in [2.05, 4.69) is 0 Å². The average molecular weight is 438 g/mol. The van der Waals surface area contributed by atoms with Gasteiger partial charge in [-0.25, -0.2) is 13.2 Å². The fraction of sp³-hybridized carbons (Fsp3) is 0.619. The van der Waals surface area contributed by atoms with Crippen molar-refractivity contribution in [1.82, 2.24) is 14.1 Å². The molecule has 0 spiro atoms. The van der Waals surface area contributed by atoms with Gasteiger partial charge < -0.3 is 9.64 Å². The van der Waals surface area contributed by atoms with Gasteiger partial charge in [-0.2, -0.15) is 4.31 Å². The SMILES string of the molecule is CCOC(=O)c1cccc(S(=O)(=O)N2CCN(CC(=O)N3CCCCCC3)CC2)c1. The van der Waals surface area contributed by atoms with Crippen molar-refractivity contribution in [3.8, 4) is 0 Å². The van der Waals surface area contributed by atoms with Gasteiger partial charge in [0.25, 0.3) is 0 Å². The maximum absolute atomic E-state index is 13.0. The monoisotopic (exact) mass is 437 g/mol. The molecule has 0 N–H and O–H groups in total. The standard InChI is InChI=1S/C21H31N3O5S/c1-2-29-21(26)18-8-7-9-19(16-18)30(27,28)24-14-12-22(13-15-24)17-20(25)23-10-5-3-4-6-11-23/h7-9,16H,2-6,10-15,17H2,1H3. The van der Waals surface area contributed by atoms with Gasteiger partial charge in [-0.1, -0.05) is 18.9 Å². The smallest absolute Gasteiger partial charge is 0.338 e. The number of carbonyl (C=O) groups is 2. The molecule has 0 atom stereocenters. The topological polar surface area (TPSA) is 87.2 Å². The number of sulfonamides is 1. The van der Waals surface area contributed by atoms with Gasteiger partial charge in [-0.15, -0.1) is 0 Å². The molecule has 0 bridgehead atoms. The third kappa shape index (κ3) is 5.59. The molecular formula is C21H31N3O5S. The molecule has 2 fully saturated rings. The van der Waals surface area contributed by atoms with Gasteiger partial charge in [0.15, 0.2) is 0 Å². The molecular weight excluding hydrogens is 406 g/mol. The van der Waals surface area contributed by atoms with Gasteiger partial charge in [-0.05, 0) is 38.0 Å². The molecule has 30 heavy (non-hydrogen) atoms. The van der Waals surface area contributed by atoms with Crippen LogP contribution in [0.15, 0.2) is 29.2 Å². The van der Waals surface area contributed by atoms with Crippen LogP contribution in [0.4, 0.5) is 0 Å². The first-order valence-electron chi connectivity index (χ1n) is 10.7. The largest absolute Gasteiger partial charge is 0.462 e. The third-order valence-corrected chi connectivity index (χ3v) is 7.53. The summed E-state index contributed by atoms with van der Waals surface area (Å²) in [7, 11) is -3.71. The molecule has 3 rings (SSSR count). The summed E-state index contributed by atoms with van der Waals surface area (Å²) in [6.45, 7) is 5.58. The Kier molecular flexibility index (Phi) is 7.85. The van der Waals surface area contributed by atoms with Crippen LogP contribution in [0.3, 0.4) is 0 Å². The molecule has 166 valence electrons. The predicted molar refractivity (Wildman–Crippen MR) is 113 cm³/mol. The minimum Gasteiger partial charge on any atom is -0.462 e. The molecule has 1 amide bonds. The van der Waals surface area contributed by atoms with E-state index in [1.165, 1.54) is 29.3 Å². The zero-order chi connectivity index (χ0) is 21.6. The van der Waals surface area contributed by atoms with Crippen LogP contribution in [0.1, 0.15) is 43.0 Å². The molecule has 0 unspecified atom stereocenters. The fourth-order valence-corrected chi connectivity index (χ4v) is 5.35. The Morgan fingerprint density at radius 1 is 0.967 bits per heavy atom. The van der Waals surface area contributed by atoms with Crippen LogP contribution in [-0.2, 0) is 19.6 Å². The Morgan fingerprint density at radius 3 is 2.27 bits per heavy atom. The first-order chi connectivity index (χ1) is 14.4. The number of amides is 1. The quantitative estimate of drug-likeness (QED) is 0.628. The summed E-state index contributed by atoms with van der Waals surface area (Å²) in [4.78, 5) is 28.6. The first-order valence-corrected chi connectivity index (χ1v) is 12.1. The van der Waals surface area contributed by atoms with E-state index < -0.39 is 16.0 Å². The van der Waals surface area contributed by atoms with E-state index in [0.29, 0.717) is 32.7 Å². The molecule has 0 radical (unpaired) electrons. The van der Waals surface area contributed by atoms with Crippen LogP contribution in [0, 0.1) is 0 Å². The van der Waals surface area contributed by atoms with Gasteiger partial charge in [0.2, 0.25) is 15.9 Å². The van der Waals surface area contributed by atoms with E-state index in [4.69, 9.17) is 4.74 Å². The lowest BCUT2D eigenvalue weighted by Crippen LogP contribution is -2.51. The van der Waals surface area contributed by atoms with Gasteiger partial charge in [-0.3, -0.25) is 9.69 Å². The maximum atomic E-state index is 13.0. The van der Waals surface area contributed by atoms with Crippen LogP contribution in [0.2, 0.25) is 0 Å². The second-order valence-corrected chi connectivity index (χ2v) is 9.66. The zero-order valence-electron chi connectivity index (χ0n) is 17.6. The Balaban J connectivity index is 1.58. The molecule has 0 aromatic heterocycles. The lowest BCUT2D eigenvalue weighted by atomic mass is 10.2. The third-order valence-electron chi connectivity index (χ3n) is 5.63. The number of hydrogen-bond donors (Lipinski definition) is 0. The zero-order valence-corrected chi connectivity index (χ0v) is 18.4. The van der Waals surface area contributed by atoms with E-state index >= 15 is 0 Å². The van der Waals surface area contributed by atoms with Crippen molar-refractivity contribution in [1.29, 1.82) is 0 Å². The lowest BCUT2D eigenvalue weighted by Gasteiger charge is -2.34. The average Bonchev–Trinajstić information content (AvgIpc) is 3.04. The molecule has 0 aliphatic carbocycles. The molecule has 8 nitrogen and oxygen atoms in total. The van der Waals surface area contributed by atoms with Crippen LogP contribution in [0.5, 0.6) is 0 Å². The molecule has 2 aliphatic heterocycles. The predicted octanol–water partition coefficient (Wildman–Crippen LogP) is 1.57. The molecule has 1 aromatic carbocycles. The summed E-state index contributed by atoms with van der Waals surface area (Å²) in [5.74, 6) is -0.401. The van der Waals surface area contributed by atoms with Gasteiger partial charge in [0.05, 0.1) is 23.6 Å². The van der Waals surface area contributed by atoms with E-state index in [-0.39, 0.29) is 23.0 Å². The van der Waals surface area contributed by atoms with Gasteiger partial charge in [0, 0.05) is 39.3 Å². The number of nitrogens with zero attached hydrogens (tertiary/aromatic N) is 3. The number of esters is 1. The minimum absolute atomic E-state index is 0.0853. The molecule has 2 saturated heterocycles. The van der Waals surface area contributed by atoms with Crippen molar-refractivity contribution >= 4 is 21.9 Å². The van der Waals surface area contributed by atoms with Crippen molar-refractivity contribution in [3.05, 3.63) is 29.8 Å². The highest BCUT2D eigenvalue weighted by Crippen LogP contribution is 2.20. The van der Waals surface area contributed by atoms with Gasteiger partial charge >= 0.3 is 5.97 Å². The van der Waals surface area contributed by atoms with E-state index in [1.54, 1.807) is 19.1 Å². The Labute approximate surface area is 178 Å². The highest BCUT2D eigenvalue weighted by atomic mass is 32.2. The minimum atomic E-state index is -3.71. The number of ether oxygens (including phenoxy) is 1. The summed E-state index contributed by atoms with van der Waals surface area (Å²) in [5.41, 5.74) is 0.222. The Bertz CT molecular complexity index is 842. The lowest BCUT2D eigenvalue weighted by molar-refractivity contribution is -0.132. The summed E-state index contributed by atoms with van der Waals surface area (Å²) >= 11 is 0. The van der Waals surface area contributed by atoms with Crippen molar-refractivity contribution < 1.29 is 22.7 Å². The molecule has 9 heteroatoms. The number of piperazine rings is 1. The number of likely N-dealkylation sites (tertiary alicyclic amines) is 1. The van der Waals surface area contributed by atoms with Crippen molar-refractivity contribution in [3.63, 3.8) is 0 Å². The highest BCUT2D eigenvalue weighted by Gasteiger charge is 2.30. The highest BCUT2D eigenvalue weighted by molar-refractivity contribution is 7.89. The van der Waals surface area contributed by atoms with Crippen LogP contribution in [0.25, 0.3) is 0 Å². The second kappa shape index (κ2) is 10.4. The molecule has 1 aromatic rings. The number of rotatable bonds is 6. The van der Waals surface area contributed by atoms with Crippen molar-refractivity contribution in [2.45, 2.75) is 37.5 Å². The Morgan fingerprint density at radius 2 is 1.63 bits per heavy atom. The number of carbonyl (C=O) groups excluding carboxylic acids is 2. The first kappa shape index (κ1) is 22.7. The number of hydrogen-bond acceptors (Lipinski definition) is 6. The second-order valence-electron chi connectivity index (χ2n) is 7.72. The van der Waals surface area contributed by atoms with Crippen LogP contribution >= 0.6 is 0 Å². The van der Waals surface area contributed by atoms with E-state index in [0.717, 1.165) is 25.9 Å². The summed E-state index contributed by atoms with van der Waals surface area (Å²) in [6.07, 6.45) is 4.47. The summed E-state index contributed by atoms with van der Waals surface area (Å²) in [6, 6.07) is 5.95. The van der Waals surface area contributed by atoms with Crippen LogP contribution < -0.4 is 0 Å². The normalized spacial score (nSPS) is 19.3. The van der Waals surface area contributed by atoms with Gasteiger partial charge in [0.1, 0.15) is 0 Å². The molecule has 0 saturated carbocycles. The summed E-state index contributed by atoms with van der Waals surface area (Å²) in [5, 5.41) is 0.